The molecule has 1 aromatic rings. The molecule has 3 aliphatic heterocycles. The standard InChI is InChI=1S/C22H31N3O2/c1-2-22(14-18-8-9-19(22)24-18)21(27)25-12-10-17(11-13-25)20(26)23-15-16-6-4-3-5-7-16/h3-7,17-19,24H,2,8-15H2,1H3,(H,23,26)/t18-,19+,22+/m0/s1. The molecule has 0 aliphatic carbocycles. The summed E-state index contributed by atoms with van der Waals surface area (Å²) in [6.07, 6.45) is 5.79. The fourth-order valence-corrected chi connectivity index (χ4v) is 5.37. The van der Waals surface area contributed by atoms with Gasteiger partial charge < -0.3 is 15.5 Å². The highest BCUT2D eigenvalue weighted by Crippen LogP contribution is 2.47. The van der Waals surface area contributed by atoms with Gasteiger partial charge in [-0.1, -0.05) is 37.3 Å². The minimum absolute atomic E-state index is 0.0218. The highest BCUT2D eigenvalue weighted by Gasteiger charge is 2.55. The molecule has 3 fully saturated rings. The van der Waals surface area contributed by atoms with E-state index >= 15 is 0 Å². The Balaban J connectivity index is 1.29. The van der Waals surface area contributed by atoms with E-state index in [1.54, 1.807) is 0 Å². The summed E-state index contributed by atoms with van der Waals surface area (Å²) in [5.74, 6) is 0.471. The molecule has 3 heterocycles. The lowest BCUT2D eigenvalue weighted by Gasteiger charge is -2.41. The van der Waals surface area contributed by atoms with Crippen LogP contribution in [0, 0.1) is 11.3 Å². The van der Waals surface area contributed by atoms with Crippen LogP contribution in [0.15, 0.2) is 30.3 Å². The van der Waals surface area contributed by atoms with Crippen molar-refractivity contribution in [2.24, 2.45) is 11.3 Å². The Kier molecular flexibility index (Phi) is 5.22. The van der Waals surface area contributed by atoms with Crippen LogP contribution in [0.3, 0.4) is 0 Å². The van der Waals surface area contributed by atoms with Gasteiger partial charge in [-0.25, -0.2) is 0 Å². The predicted molar refractivity (Wildman–Crippen MR) is 105 cm³/mol. The van der Waals surface area contributed by atoms with Crippen molar-refractivity contribution in [3.05, 3.63) is 35.9 Å². The number of fused-ring (bicyclic) bond motifs is 2. The Morgan fingerprint density at radius 3 is 2.48 bits per heavy atom. The van der Waals surface area contributed by atoms with Gasteiger partial charge in [0, 0.05) is 37.6 Å². The second-order valence-corrected chi connectivity index (χ2v) is 8.48. The number of carbonyl (C=O) groups excluding carboxylic acids is 2. The minimum atomic E-state index is -0.203. The third kappa shape index (κ3) is 3.49. The number of hydrogen-bond donors (Lipinski definition) is 2. The molecule has 146 valence electrons. The van der Waals surface area contributed by atoms with Gasteiger partial charge in [-0.2, -0.15) is 0 Å². The lowest BCUT2D eigenvalue weighted by Crippen LogP contribution is -2.52. The quantitative estimate of drug-likeness (QED) is 0.838. The smallest absolute Gasteiger partial charge is 0.230 e. The molecule has 3 atom stereocenters. The fourth-order valence-electron chi connectivity index (χ4n) is 5.37. The van der Waals surface area contributed by atoms with E-state index < -0.39 is 0 Å². The first-order valence-electron chi connectivity index (χ1n) is 10.5. The molecule has 0 aromatic heterocycles. The lowest BCUT2D eigenvalue weighted by molar-refractivity contribution is -0.146. The van der Waals surface area contributed by atoms with Crippen molar-refractivity contribution in [3.63, 3.8) is 0 Å². The fraction of sp³-hybridized carbons (Fsp3) is 0.636. The summed E-state index contributed by atoms with van der Waals surface area (Å²) < 4.78 is 0. The zero-order chi connectivity index (χ0) is 18.9. The van der Waals surface area contributed by atoms with E-state index in [0.717, 1.165) is 37.7 Å². The normalized spacial score (nSPS) is 30.5. The number of amides is 2. The van der Waals surface area contributed by atoms with Crippen LogP contribution in [-0.4, -0.2) is 41.9 Å². The molecule has 4 rings (SSSR count). The van der Waals surface area contributed by atoms with Crippen LogP contribution in [0.2, 0.25) is 0 Å². The first-order chi connectivity index (χ1) is 13.1. The number of rotatable bonds is 5. The molecule has 0 unspecified atom stereocenters. The maximum Gasteiger partial charge on any atom is 0.230 e. The van der Waals surface area contributed by atoms with Crippen LogP contribution < -0.4 is 10.6 Å². The van der Waals surface area contributed by atoms with Crippen molar-refractivity contribution in [1.82, 2.24) is 15.5 Å². The summed E-state index contributed by atoms with van der Waals surface area (Å²) >= 11 is 0. The molecule has 27 heavy (non-hydrogen) atoms. The molecule has 0 saturated carbocycles. The molecule has 2 bridgehead atoms. The average Bonchev–Trinajstić information content (AvgIpc) is 3.34. The van der Waals surface area contributed by atoms with Gasteiger partial charge >= 0.3 is 0 Å². The highest BCUT2D eigenvalue weighted by atomic mass is 16.2. The molecule has 2 amide bonds. The van der Waals surface area contributed by atoms with Crippen LogP contribution in [0.4, 0.5) is 0 Å². The summed E-state index contributed by atoms with van der Waals surface area (Å²) in [5.41, 5.74) is 0.915. The first-order valence-corrected chi connectivity index (χ1v) is 10.5. The van der Waals surface area contributed by atoms with E-state index in [1.807, 2.05) is 35.2 Å². The van der Waals surface area contributed by atoms with E-state index in [0.29, 0.717) is 37.6 Å². The number of nitrogens with one attached hydrogen (secondary N) is 2. The van der Waals surface area contributed by atoms with Crippen LogP contribution in [0.5, 0.6) is 0 Å². The summed E-state index contributed by atoms with van der Waals surface area (Å²) in [6, 6.07) is 10.9. The van der Waals surface area contributed by atoms with Gasteiger partial charge in [0.25, 0.3) is 0 Å². The van der Waals surface area contributed by atoms with Gasteiger partial charge in [0.1, 0.15) is 0 Å². The van der Waals surface area contributed by atoms with Crippen LogP contribution in [-0.2, 0) is 16.1 Å². The Hall–Kier alpha value is -1.88. The molecule has 5 nitrogen and oxygen atoms in total. The van der Waals surface area contributed by atoms with E-state index in [9.17, 15) is 9.59 Å². The molecule has 2 N–H and O–H groups in total. The van der Waals surface area contributed by atoms with Gasteiger partial charge in [-0.3, -0.25) is 9.59 Å². The van der Waals surface area contributed by atoms with Crippen LogP contribution >= 0.6 is 0 Å². The molecule has 3 aliphatic rings. The monoisotopic (exact) mass is 369 g/mol. The Morgan fingerprint density at radius 1 is 1.15 bits per heavy atom. The number of likely N-dealkylation sites (tertiary alicyclic amines) is 1. The maximum absolute atomic E-state index is 13.3. The Bertz CT molecular complexity index is 684. The second-order valence-electron chi connectivity index (χ2n) is 8.48. The van der Waals surface area contributed by atoms with Crippen molar-refractivity contribution in [2.45, 2.75) is 64.1 Å². The maximum atomic E-state index is 13.3. The summed E-state index contributed by atoms with van der Waals surface area (Å²) in [5, 5.41) is 6.69. The van der Waals surface area contributed by atoms with Crippen molar-refractivity contribution in [2.75, 3.05) is 13.1 Å². The summed E-state index contributed by atoms with van der Waals surface area (Å²) in [4.78, 5) is 27.9. The highest BCUT2D eigenvalue weighted by molar-refractivity contribution is 5.85. The molecule has 0 radical (unpaired) electrons. The van der Waals surface area contributed by atoms with Crippen LogP contribution in [0.1, 0.15) is 51.0 Å². The van der Waals surface area contributed by atoms with Crippen molar-refractivity contribution >= 4 is 11.8 Å². The molecule has 3 saturated heterocycles. The lowest BCUT2D eigenvalue weighted by atomic mass is 9.70. The zero-order valence-corrected chi connectivity index (χ0v) is 16.2. The number of benzene rings is 1. The van der Waals surface area contributed by atoms with Gasteiger partial charge in [0.2, 0.25) is 11.8 Å². The molecular formula is C22H31N3O2. The van der Waals surface area contributed by atoms with E-state index in [-0.39, 0.29) is 17.2 Å². The van der Waals surface area contributed by atoms with Crippen molar-refractivity contribution < 1.29 is 9.59 Å². The molecule has 1 aromatic carbocycles. The zero-order valence-electron chi connectivity index (χ0n) is 16.2. The van der Waals surface area contributed by atoms with Crippen molar-refractivity contribution in [1.29, 1.82) is 0 Å². The Labute approximate surface area is 161 Å². The SMILES string of the molecule is CC[C@@]1(C(=O)N2CCC(C(=O)NCc3ccccc3)CC2)C[C@@H]2CC[C@H]1N2. The third-order valence-electron chi connectivity index (χ3n) is 7.04. The third-order valence-corrected chi connectivity index (χ3v) is 7.04. The largest absolute Gasteiger partial charge is 0.352 e. The van der Waals surface area contributed by atoms with Crippen LogP contribution in [0.25, 0.3) is 0 Å². The molecule has 0 spiro atoms. The average molecular weight is 370 g/mol. The van der Waals surface area contributed by atoms with E-state index in [2.05, 4.69) is 17.6 Å². The summed E-state index contributed by atoms with van der Waals surface area (Å²) in [6.45, 7) is 4.15. The van der Waals surface area contributed by atoms with Gasteiger partial charge in [0.05, 0.1) is 5.41 Å². The van der Waals surface area contributed by atoms with Gasteiger partial charge in [-0.15, -0.1) is 0 Å². The number of carbonyl (C=O) groups is 2. The molecular weight excluding hydrogens is 338 g/mol. The van der Waals surface area contributed by atoms with Crippen molar-refractivity contribution in [3.8, 4) is 0 Å². The number of piperidine rings is 1. The predicted octanol–water partition coefficient (Wildman–Crippen LogP) is 2.46. The second kappa shape index (κ2) is 7.63. The first kappa shape index (κ1) is 18.5. The number of hydrogen-bond acceptors (Lipinski definition) is 3. The van der Waals surface area contributed by atoms with Gasteiger partial charge in [-0.05, 0) is 44.1 Å². The van der Waals surface area contributed by atoms with E-state index in [4.69, 9.17) is 0 Å². The number of nitrogens with zero attached hydrogens (tertiary/aromatic N) is 1. The summed E-state index contributed by atoms with van der Waals surface area (Å²) in [7, 11) is 0. The molecule has 5 heteroatoms. The Morgan fingerprint density at radius 2 is 1.89 bits per heavy atom. The van der Waals surface area contributed by atoms with E-state index in [1.165, 1.54) is 6.42 Å². The van der Waals surface area contributed by atoms with Gasteiger partial charge in [0.15, 0.2) is 0 Å². The topological polar surface area (TPSA) is 61.4 Å². The minimum Gasteiger partial charge on any atom is -0.352 e.